The summed E-state index contributed by atoms with van der Waals surface area (Å²) < 4.78 is 6.63. The zero-order valence-electron chi connectivity index (χ0n) is 13.4. The minimum atomic E-state index is -0.574. The summed E-state index contributed by atoms with van der Waals surface area (Å²) in [5, 5.41) is 3.06. The van der Waals surface area contributed by atoms with E-state index in [2.05, 4.69) is 48.7 Å². The smallest absolute Gasteiger partial charge is 0.252 e. The monoisotopic (exact) mass is 315 g/mol. The lowest BCUT2D eigenvalue weighted by Crippen LogP contribution is -2.41. The predicted octanol–water partition coefficient (Wildman–Crippen LogP) is 4.02. The lowest BCUT2D eigenvalue weighted by atomic mass is 9.77. The molecule has 0 saturated heterocycles. The molecule has 0 bridgehead atoms. The van der Waals surface area contributed by atoms with Crippen LogP contribution in [-0.4, -0.2) is 11.5 Å². The molecule has 1 aromatic carbocycles. The third kappa shape index (κ3) is 1.59. The maximum atomic E-state index is 12.3. The molecular weight excluding hydrogens is 298 g/mol. The number of rotatable bonds is 1. The molecule has 1 aromatic rings. The molecule has 0 aromatic heterocycles. The number of ether oxygens (including phenoxy) is 1. The average Bonchev–Trinajstić information content (AvgIpc) is 2.95. The van der Waals surface area contributed by atoms with Gasteiger partial charge in [0.25, 0.3) is 5.91 Å². The van der Waals surface area contributed by atoms with Crippen LogP contribution in [0.25, 0.3) is 6.08 Å². The average molecular weight is 315 g/mol. The summed E-state index contributed by atoms with van der Waals surface area (Å²) in [4.78, 5) is 12.3. The van der Waals surface area contributed by atoms with E-state index in [9.17, 15) is 4.79 Å². The van der Waals surface area contributed by atoms with Crippen LogP contribution in [0.3, 0.4) is 0 Å². The number of allylic oxidation sites excluding steroid dienone is 4. The van der Waals surface area contributed by atoms with Crippen LogP contribution in [0, 0.1) is 0 Å². The van der Waals surface area contributed by atoms with Crippen molar-refractivity contribution in [1.29, 1.82) is 0 Å². The summed E-state index contributed by atoms with van der Waals surface area (Å²) in [5.74, 6) is 0.830. The number of carbonyl (C=O) groups is 1. The molecule has 2 heterocycles. The fraction of sp³-hybridized carbons (Fsp3) is 0.190. The minimum absolute atomic E-state index is 0.00564. The Bertz CT molecular complexity index is 929. The predicted molar refractivity (Wildman–Crippen MR) is 93.8 cm³/mol. The number of hydrogen-bond acceptors (Lipinski definition) is 2. The van der Waals surface area contributed by atoms with E-state index in [1.165, 1.54) is 0 Å². The van der Waals surface area contributed by atoms with Gasteiger partial charge in [0.05, 0.1) is 6.04 Å². The Hall–Kier alpha value is -2.81. The summed E-state index contributed by atoms with van der Waals surface area (Å²) in [6.45, 7) is 2.08. The van der Waals surface area contributed by atoms with Gasteiger partial charge in [0.15, 0.2) is 5.60 Å². The second-order valence-electron chi connectivity index (χ2n) is 6.52. The highest BCUT2D eigenvalue weighted by atomic mass is 16.5. The van der Waals surface area contributed by atoms with Crippen molar-refractivity contribution in [2.24, 2.45) is 0 Å². The zero-order chi connectivity index (χ0) is 16.3. The van der Waals surface area contributed by atoms with Gasteiger partial charge in [-0.25, -0.2) is 0 Å². The van der Waals surface area contributed by atoms with Crippen LogP contribution in [0.5, 0.6) is 5.75 Å². The topological polar surface area (TPSA) is 38.3 Å². The van der Waals surface area contributed by atoms with Gasteiger partial charge in [-0.15, -0.1) is 0 Å². The van der Waals surface area contributed by atoms with Gasteiger partial charge in [-0.3, -0.25) is 4.79 Å². The highest BCUT2D eigenvalue weighted by Gasteiger charge is 2.44. The van der Waals surface area contributed by atoms with Gasteiger partial charge in [-0.05, 0) is 24.6 Å². The third-order valence-electron chi connectivity index (χ3n) is 5.23. The van der Waals surface area contributed by atoms with E-state index in [0.29, 0.717) is 0 Å². The van der Waals surface area contributed by atoms with Gasteiger partial charge < -0.3 is 10.1 Å². The number of carbonyl (C=O) groups excluding carboxylic acids is 1. The first-order valence-electron chi connectivity index (χ1n) is 8.36. The van der Waals surface area contributed by atoms with Crippen LogP contribution in [0.4, 0.5) is 0 Å². The molecule has 2 aliphatic heterocycles. The first-order valence-corrected chi connectivity index (χ1v) is 8.36. The molecule has 2 unspecified atom stereocenters. The Kier molecular flexibility index (Phi) is 2.61. The molecular formula is C21H17NO2. The van der Waals surface area contributed by atoms with Gasteiger partial charge >= 0.3 is 0 Å². The fourth-order valence-electron chi connectivity index (χ4n) is 4.03. The molecule has 3 nitrogen and oxygen atoms in total. The van der Waals surface area contributed by atoms with Crippen LogP contribution in [0.2, 0.25) is 0 Å². The number of fused-ring (bicyclic) bond motifs is 3. The van der Waals surface area contributed by atoms with Crippen molar-refractivity contribution < 1.29 is 9.53 Å². The standard InChI is InChI=1S/C21H17NO2/c1-2-17-18-16(20(23)22-17)10-9-13-12-15-8-5-7-14-6-3-4-11-21(14,15)24-19(13)18/h3-12,17H,2H2,1H3,(H,22,23). The molecule has 2 aliphatic carbocycles. The van der Waals surface area contributed by atoms with E-state index in [1.54, 1.807) is 0 Å². The highest BCUT2D eigenvalue weighted by molar-refractivity contribution is 6.01. The van der Waals surface area contributed by atoms with Crippen LogP contribution in [0.1, 0.15) is 40.9 Å². The van der Waals surface area contributed by atoms with Crippen molar-refractivity contribution in [2.45, 2.75) is 25.0 Å². The molecule has 1 N–H and O–H groups in total. The molecule has 0 radical (unpaired) electrons. The van der Waals surface area contributed by atoms with E-state index in [4.69, 9.17) is 4.74 Å². The molecule has 0 saturated carbocycles. The molecule has 24 heavy (non-hydrogen) atoms. The Morgan fingerprint density at radius 2 is 2.04 bits per heavy atom. The molecule has 1 amide bonds. The van der Waals surface area contributed by atoms with Crippen molar-refractivity contribution in [2.75, 3.05) is 0 Å². The van der Waals surface area contributed by atoms with Crippen LogP contribution in [0.15, 0.2) is 65.8 Å². The maximum Gasteiger partial charge on any atom is 0.252 e. The number of amides is 1. The van der Waals surface area contributed by atoms with Crippen molar-refractivity contribution in [3.05, 3.63) is 82.5 Å². The molecule has 0 fully saturated rings. The third-order valence-corrected chi connectivity index (χ3v) is 5.23. The van der Waals surface area contributed by atoms with Gasteiger partial charge in [0.1, 0.15) is 5.75 Å². The van der Waals surface area contributed by atoms with Gasteiger partial charge in [-0.1, -0.05) is 49.4 Å². The van der Waals surface area contributed by atoms with Gasteiger partial charge in [-0.2, -0.15) is 0 Å². The number of nitrogens with one attached hydrogen (secondary N) is 1. The summed E-state index contributed by atoms with van der Waals surface area (Å²) >= 11 is 0. The van der Waals surface area contributed by atoms with E-state index < -0.39 is 5.60 Å². The van der Waals surface area contributed by atoms with E-state index in [1.807, 2.05) is 24.3 Å². The molecule has 4 aliphatic rings. The number of benzene rings is 1. The zero-order valence-corrected chi connectivity index (χ0v) is 13.4. The van der Waals surface area contributed by atoms with Crippen LogP contribution in [-0.2, 0) is 0 Å². The molecule has 2 atom stereocenters. The summed E-state index contributed by atoms with van der Waals surface area (Å²) in [7, 11) is 0. The molecule has 5 rings (SSSR count). The quantitative estimate of drug-likeness (QED) is 0.850. The Morgan fingerprint density at radius 3 is 2.92 bits per heavy atom. The van der Waals surface area contributed by atoms with E-state index >= 15 is 0 Å². The second kappa shape index (κ2) is 4.60. The summed E-state index contributed by atoms with van der Waals surface area (Å²) in [6.07, 6.45) is 17.5. The van der Waals surface area contributed by atoms with E-state index in [0.717, 1.165) is 40.0 Å². The minimum Gasteiger partial charge on any atom is -0.473 e. The lowest BCUT2D eigenvalue weighted by molar-refractivity contribution is 0.0955. The lowest BCUT2D eigenvalue weighted by Gasteiger charge is -2.41. The fourth-order valence-corrected chi connectivity index (χ4v) is 4.03. The van der Waals surface area contributed by atoms with Crippen molar-refractivity contribution >= 4 is 12.0 Å². The normalized spacial score (nSPS) is 28.0. The summed E-state index contributed by atoms with van der Waals surface area (Å²) in [6, 6.07) is 3.92. The Balaban J connectivity index is 1.76. The molecule has 1 spiro atoms. The van der Waals surface area contributed by atoms with E-state index in [-0.39, 0.29) is 11.9 Å². The largest absolute Gasteiger partial charge is 0.473 e. The van der Waals surface area contributed by atoms with Crippen LogP contribution >= 0.6 is 0 Å². The highest BCUT2D eigenvalue weighted by Crippen LogP contribution is 2.49. The van der Waals surface area contributed by atoms with Crippen molar-refractivity contribution in [3.8, 4) is 5.75 Å². The van der Waals surface area contributed by atoms with Crippen molar-refractivity contribution in [1.82, 2.24) is 5.32 Å². The number of hydrogen-bond donors (Lipinski definition) is 1. The first kappa shape index (κ1) is 13.6. The molecule has 3 heteroatoms. The first-order chi connectivity index (χ1) is 11.7. The second-order valence-corrected chi connectivity index (χ2v) is 6.52. The Morgan fingerprint density at radius 1 is 1.17 bits per heavy atom. The molecule has 118 valence electrons. The Labute approximate surface area is 140 Å². The van der Waals surface area contributed by atoms with Gasteiger partial charge in [0, 0.05) is 27.8 Å². The maximum absolute atomic E-state index is 12.3. The van der Waals surface area contributed by atoms with Gasteiger partial charge in [0.2, 0.25) is 0 Å². The van der Waals surface area contributed by atoms with Crippen molar-refractivity contribution in [3.63, 3.8) is 0 Å². The van der Waals surface area contributed by atoms with Crippen LogP contribution < -0.4 is 10.1 Å². The SMILES string of the molecule is CCC1NC(=O)c2ccc3c(c21)OC12C=CC=CC1=CC=CC2=C3. The summed E-state index contributed by atoms with van der Waals surface area (Å²) in [5.41, 5.74) is 4.45.